The summed E-state index contributed by atoms with van der Waals surface area (Å²) in [6.07, 6.45) is 2.05. The van der Waals surface area contributed by atoms with Crippen molar-refractivity contribution in [2.24, 2.45) is 0 Å². The Morgan fingerprint density at radius 2 is 1.56 bits per heavy atom. The first-order chi connectivity index (χ1) is 13.2. The van der Waals surface area contributed by atoms with Gasteiger partial charge in [0.2, 0.25) is 0 Å². The lowest BCUT2D eigenvalue weighted by Gasteiger charge is -2.19. The standard InChI is InChI=1S/C24H27NO2/c1-18(9-10-19-11-14-22(26-2)15-12-19)25-23-17-21(13-16-24(23)27-3)20-7-5-4-6-8-20/h4-8,11-18,25H,9-10H2,1-3H3/t18-/m1/s1. The average Bonchev–Trinajstić information content (AvgIpc) is 2.73. The predicted molar refractivity (Wildman–Crippen MR) is 113 cm³/mol. The van der Waals surface area contributed by atoms with Crippen LogP contribution < -0.4 is 14.8 Å². The molecule has 0 spiro atoms. The molecule has 0 heterocycles. The number of aryl methyl sites for hydroxylation is 1. The molecule has 0 unspecified atom stereocenters. The highest BCUT2D eigenvalue weighted by molar-refractivity contribution is 5.72. The zero-order valence-corrected chi connectivity index (χ0v) is 16.2. The number of anilines is 1. The van der Waals surface area contributed by atoms with Gasteiger partial charge in [-0.05, 0) is 60.7 Å². The van der Waals surface area contributed by atoms with Gasteiger partial charge in [-0.1, -0.05) is 48.5 Å². The Kier molecular flexibility index (Phi) is 6.37. The fourth-order valence-electron chi connectivity index (χ4n) is 3.14. The van der Waals surface area contributed by atoms with Crippen molar-refractivity contribution in [1.82, 2.24) is 0 Å². The second kappa shape index (κ2) is 9.13. The van der Waals surface area contributed by atoms with Crippen LogP contribution in [-0.4, -0.2) is 20.3 Å². The van der Waals surface area contributed by atoms with Crippen molar-refractivity contribution in [3.63, 3.8) is 0 Å². The summed E-state index contributed by atoms with van der Waals surface area (Å²) in [5.74, 6) is 1.76. The van der Waals surface area contributed by atoms with Crippen LogP contribution in [0.25, 0.3) is 11.1 Å². The molecule has 3 aromatic rings. The molecule has 0 radical (unpaired) electrons. The van der Waals surface area contributed by atoms with Crippen molar-refractivity contribution in [1.29, 1.82) is 0 Å². The van der Waals surface area contributed by atoms with Gasteiger partial charge in [0.05, 0.1) is 19.9 Å². The summed E-state index contributed by atoms with van der Waals surface area (Å²) in [6.45, 7) is 2.21. The summed E-state index contributed by atoms with van der Waals surface area (Å²) >= 11 is 0. The summed E-state index contributed by atoms with van der Waals surface area (Å²) in [7, 11) is 3.41. The van der Waals surface area contributed by atoms with Crippen molar-refractivity contribution >= 4 is 5.69 Å². The Morgan fingerprint density at radius 3 is 2.22 bits per heavy atom. The van der Waals surface area contributed by atoms with Gasteiger partial charge in [0, 0.05) is 6.04 Å². The van der Waals surface area contributed by atoms with Crippen LogP contribution in [0.3, 0.4) is 0 Å². The van der Waals surface area contributed by atoms with E-state index in [1.807, 2.05) is 24.3 Å². The second-order valence-corrected chi connectivity index (χ2v) is 6.71. The summed E-state index contributed by atoms with van der Waals surface area (Å²) in [4.78, 5) is 0. The van der Waals surface area contributed by atoms with E-state index >= 15 is 0 Å². The molecule has 3 aromatic carbocycles. The number of hydrogen-bond acceptors (Lipinski definition) is 3. The molecule has 0 aliphatic carbocycles. The first-order valence-corrected chi connectivity index (χ1v) is 9.32. The maximum atomic E-state index is 5.55. The van der Waals surface area contributed by atoms with Gasteiger partial charge in [-0.3, -0.25) is 0 Å². The lowest BCUT2D eigenvalue weighted by Crippen LogP contribution is -2.16. The molecular weight excluding hydrogens is 334 g/mol. The van der Waals surface area contributed by atoms with Crippen LogP contribution in [0, 0.1) is 0 Å². The van der Waals surface area contributed by atoms with Crippen molar-refractivity contribution in [3.05, 3.63) is 78.4 Å². The number of ether oxygens (including phenoxy) is 2. The van der Waals surface area contributed by atoms with Crippen LogP contribution in [0.4, 0.5) is 5.69 Å². The fraction of sp³-hybridized carbons (Fsp3) is 0.250. The van der Waals surface area contributed by atoms with E-state index in [1.165, 1.54) is 16.7 Å². The lowest BCUT2D eigenvalue weighted by molar-refractivity contribution is 0.414. The van der Waals surface area contributed by atoms with E-state index in [0.29, 0.717) is 6.04 Å². The maximum Gasteiger partial charge on any atom is 0.141 e. The van der Waals surface area contributed by atoms with Gasteiger partial charge in [-0.15, -0.1) is 0 Å². The van der Waals surface area contributed by atoms with Crippen LogP contribution in [0.2, 0.25) is 0 Å². The molecule has 0 saturated carbocycles. The maximum absolute atomic E-state index is 5.55. The number of nitrogens with one attached hydrogen (secondary N) is 1. The largest absolute Gasteiger partial charge is 0.497 e. The Labute approximate surface area is 162 Å². The summed E-state index contributed by atoms with van der Waals surface area (Å²) in [5, 5.41) is 3.61. The highest BCUT2D eigenvalue weighted by atomic mass is 16.5. The quantitative estimate of drug-likeness (QED) is 0.550. The SMILES string of the molecule is COc1ccc(CC[C@@H](C)Nc2cc(-c3ccccc3)ccc2OC)cc1. The van der Waals surface area contributed by atoms with Gasteiger partial charge >= 0.3 is 0 Å². The molecule has 0 aromatic heterocycles. The molecule has 3 rings (SSSR count). The molecule has 1 atom stereocenters. The summed E-state index contributed by atoms with van der Waals surface area (Å²) in [5.41, 5.74) is 4.73. The average molecular weight is 361 g/mol. The van der Waals surface area contributed by atoms with Crippen LogP contribution in [0.5, 0.6) is 11.5 Å². The molecule has 140 valence electrons. The normalized spacial score (nSPS) is 11.7. The molecule has 27 heavy (non-hydrogen) atoms. The molecule has 3 heteroatoms. The Bertz CT molecular complexity index is 844. The van der Waals surface area contributed by atoms with Gasteiger partial charge < -0.3 is 14.8 Å². The predicted octanol–water partition coefficient (Wildman–Crippen LogP) is 5.80. The van der Waals surface area contributed by atoms with E-state index in [2.05, 4.69) is 60.8 Å². The van der Waals surface area contributed by atoms with Gasteiger partial charge in [0.15, 0.2) is 0 Å². The van der Waals surface area contributed by atoms with Crippen LogP contribution >= 0.6 is 0 Å². The minimum absolute atomic E-state index is 0.326. The third kappa shape index (κ3) is 5.04. The third-order valence-corrected chi connectivity index (χ3v) is 4.73. The zero-order chi connectivity index (χ0) is 19.1. The molecule has 0 aliphatic heterocycles. The number of rotatable bonds is 8. The Hall–Kier alpha value is -2.94. The highest BCUT2D eigenvalue weighted by Gasteiger charge is 2.09. The van der Waals surface area contributed by atoms with Gasteiger partial charge in [-0.2, -0.15) is 0 Å². The van der Waals surface area contributed by atoms with E-state index in [1.54, 1.807) is 14.2 Å². The highest BCUT2D eigenvalue weighted by Crippen LogP contribution is 2.31. The van der Waals surface area contributed by atoms with Crippen molar-refractivity contribution in [2.75, 3.05) is 19.5 Å². The third-order valence-electron chi connectivity index (χ3n) is 4.73. The summed E-state index contributed by atoms with van der Waals surface area (Å²) < 4.78 is 10.8. The smallest absolute Gasteiger partial charge is 0.141 e. The molecule has 0 bridgehead atoms. The first kappa shape index (κ1) is 18.8. The minimum Gasteiger partial charge on any atom is -0.497 e. The van der Waals surface area contributed by atoms with Crippen LogP contribution in [0.1, 0.15) is 18.9 Å². The monoisotopic (exact) mass is 361 g/mol. The molecule has 0 saturated heterocycles. The van der Waals surface area contributed by atoms with Crippen molar-refractivity contribution < 1.29 is 9.47 Å². The minimum atomic E-state index is 0.326. The van der Waals surface area contributed by atoms with Gasteiger partial charge in [0.1, 0.15) is 11.5 Å². The number of benzene rings is 3. The second-order valence-electron chi connectivity index (χ2n) is 6.71. The van der Waals surface area contributed by atoms with Gasteiger partial charge in [0.25, 0.3) is 0 Å². The van der Waals surface area contributed by atoms with Crippen molar-refractivity contribution in [2.45, 2.75) is 25.8 Å². The van der Waals surface area contributed by atoms with E-state index in [0.717, 1.165) is 30.0 Å². The van der Waals surface area contributed by atoms with Gasteiger partial charge in [-0.25, -0.2) is 0 Å². The lowest BCUT2D eigenvalue weighted by atomic mass is 10.0. The number of methoxy groups -OCH3 is 2. The fourth-order valence-corrected chi connectivity index (χ4v) is 3.14. The van der Waals surface area contributed by atoms with Crippen LogP contribution in [-0.2, 0) is 6.42 Å². The van der Waals surface area contributed by atoms with Crippen molar-refractivity contribution in [3.8, 4) is 22.6 Å². The molecule has 0 aliphatic rings. The summed E-state index contributed by atoms with van der Waals surface area (Å²) in [6, 6.07) is 25.3. The molecular formula is C24H27NO2. The zero-order valence-electron chi connectivity index (χ0n) is 16.2. The molecule has 3 nitrogen and oxygen atoms in total. The Balaban J connectivity index is 1.67. The first-order valence-electron chi connectivity index (χ1n) is 9.32. The van der Waals surface area contributed by atoms with E-state index in [-0.39, 0.29) is 0 Å². The number of hydrogen-bond donors (Lipinski definition) is 1. The topological polar surface area (TPSA) is 30.5 Å². The molecule has 0 amide bonds. The Morgan fingerprint density at radius 1 is 0.815 bits per heavy atom. The van der Waals surface area contributed by atoms with E-state index in [4.69, 9.17) is 9.47 Å². The van der Waals surface area contributed by atoms with E-state index < -0.39 is 0 Å². The van der Waals surface area contributed by atoms with E-state index in [9.17, 15) is 0 Å². The molecule has 0 fully saturated rings. The molecule has 1 N–H and O–H groups in total. The van der Waals surface area contributed by atoms with Crippen LogP contribution in [0.15, 0.2) is 72.8 Å².